The summed E-state index contributed by atoms with van der Waals surface area (Å²) in [6.45, 7) is -0.764. The molecule has 0 spiro atoms. The third kappa shape index (κ3) is 6.60. The van der Waals surface area contributed by atoms with Crippen molar-refractivity contribution in [2.24, 2.45) is 22.9 Å². The van der Waals surface area contributed by atoms with Gasteiger partial charge in [0, 0.05) is 12.6 Å². The molecule has 0 unspecified atom stereocenters. The normalized spacial score (nSPS) is 46.6. The molecule has 17 heteroatoms. The maximum atomic E-state index is 12.4. The molecule has 15 atom stereocenters. The first-order valence-electron chi connectivity index (χ1n) is 12.5. The van der Waals surface area contributed by atoms with Crippen molar-refractivity contribution >= 4 is 5.91 Å². The summed E-state index contributed by atoms with van der Waals surface area (Å²) in [7, 11) is 0. The van der Waals surface area contributed by atoms with Crippen molar-refractivity contribution in [3.8, 4) is 0 Å². The molecule has 0 aromatic rings. The van der Waals surface area contributed by atoms with Crippen LogP contribution >= 0.6 is 0 Å². The SMILES string of the molecule is NCC[C@@H](O)C(=O)N[C@@H]1C[C@H](N)[C@@H](O[C@H]2O[C@H](CN)[C@H](O)[C@H](O)[C@H]2N)[C@H](O[C@H]2O[C@@H](CO)[C@H](O)[C@@H]2O)[C@H]1O. The predicted octanol–water partition coefficient (Wildman–Crippen LogP) is -7.79. The van der Waals surface area contributed by atoms with Gasteiger partial charge in [0.25, 0.3) is 0 Å². The van der Waals surface area contributed by atoms with E-state index in [1.165, 1.54) is 0 Å². The Morgan fingerprint density at radius 3 is 2.08 bits per heavy atom. The Bertz CT molecular complexity index is 770. The summed E-state index contributed by atoms with van der Waals surface area (Å²) in [6, 6.07) is -3.29. The van der Waals surface area contributed by atoms with E-state index in [4.69, 9.17) is 41.9 Å². The Kier molecular flexibility index (Phi) is 11.1. The molecule has 1 amide bonds. The number of carbonyl (C=O) groups is 1. The molecule has 0 aromatic carbocycles. The molecule has 222 valence electrons. The molecule has 0 aromatic heterocycles. The van der Waals surface area contributed by atoms with Crippen LogP contribution in [-0.2, 0) is 23.7 Å². The molecule has 38 heavy (non-hydrogen) atoms. The van der Waals surface area contributed by atoms with E-state index in [2.05, 4.69) is 5.32 Å². The Labute approximate surface area is 218 Å². The standard InChI is InChI=1S/C21H41N5O12/c22-2-1-8(28)19(34)26-7-3-6(24)17(37-20-11(25)15(32)13(30)9(4-23)35-20)18(12(7)29)38-21-16(33)14(31)10(5-27)36-21/h6-18,20-21,27-33H,1-5,22-25H2,(H,26,34)/t6-,7+,8+,9+,10-,11+,12-,13-,14-,15+,16-,17+,18+,20+,21+/m0/s1. The van der Waals surface area contributed by atoms with Crippen molar-refractivity contribution in [3.05, 3.63) is 0 Å². The van der Waals surface area contributed by atoms with Crippen LogP contribution in [0.4, 0.5) is 0 Å². The van der Waals surface area contributed by atoms with Crippen LogP contribution in [0.2, 0.25) is 0 Å². The monoisotopic (exact) mass is 555 g/mol. The zero-order chi connectivity index (χ0) is 28.3. The zero-order valence-corrected chi connectivity index (χ0v) is 20.7. The number of amides is 1. The number of carbonyl (C=O) groups excluding carboxylic acids is 1. The summed E-state index contributed by atoms with van der Waals surface area (Å²) < 4.78 is 22.7. The highest BCUT2D eigenvalue weighted by molar-refractivity contribution is 5.80. The first-order chi connectivity index (χ1) is 17.9. The molecule has 3 rings (SSSR count). The van der Waals surface area contributed by atoms with Gasteiger partial charge in [0.1, 0.15) is 61.0 Å². The lowest BCUT2D eigenvalue weighted by molar-refractivity contribution is -0.307. The van der Waals surface area contributed by atoms with E-state index in [-0.39, 0.29) is 25.9 Å². The first-order valence-corrected chi connectivity index (χ1v) is 12.5. The second-order valence-electron chi connectivity index (χ2n) is 9.84. The molecule has 1 aliphatic carbocycles. The summed E-state index contributed by atoms with van der Waals surface area (Å²) in [5.74, 6) is -0.807. The van der Waals surface area contributed by atoms with Crippen LogP contribution in [-0.4, -0.2) is 153 Å². The molecule has 16 N–H and O–H groups in total. The molecule has 17 nitrogen and oxygen atoms in total. The minimum Gasteiger partial charge on any atom is -0.394 e. The average Bonchev–Trinajstić information content (AvgIpc) is 3.16. The zero-order valence-electron chi connectivity index (χ0n) is 20.7. The second kappa shape index (κ2) is 13.5. The fourth-order valence-corrected chi connectivity index (χ4v) is 4.84. The van der Waals surface area contributed by atoms with Gasteiger partial charge in [-0.15, -0.1) is 0 Å². The van der Waals surface area contributed by atoms with E-state index in [0.29, 0.717) is 0 Å². The first kappa shape index (κ1) is 31.4. The van der Waals surface area contributed by atoms with Crippen LogP contribution in [0, 0.1) is 0 Å². The van der Waals surface area contributed by atoms with Gasteiger partial charge in [0.05, 0.1) is 18.7 Å². The maximum Gasteiger partial charge on any atom is 0.249 e. The largest absolute Gasteiger partial charge is 0.394 e. The number of nitrogens with two attached hydrogens (primary N) is 4. The van der Waals surface area contributed by atoms with Crippen molar-refractivity contribution in [2.45, 2.75) is 105 Å². The third-order valence-electron chi connectivity index (χ3n) is 7.15. The van der Waals surface area contributed by atoms with E-state index in [1.807, 2.05) is 0 Å². The van der Waals surface area contributed by atoms with Crippen LogP contribution in [0.25, 0.3) is 0 Å². The summed E-state index contributed by atoms with van der Waals surface area (Å²) in [5.41, 5.74) is 23.3. The maximum absolute atomic E-state index is 12.4. The number of hydrogen-bond donors (Lipinski definition) is 12. The van der Waals surface area contributed by atoms with E-state index in [9.17, 15) is 40.5 Å². The minimum atomic E-state index is -1.62. The van der Waals surface area contributed by atoms with Gasteiger partial charge in [0.15, 0.2) is 12.6 Å². The number of nitrogens with one attached hydrogen (secondary N) is 1. The van der Waals surface area contributed by atoms with Crippen molar-refractivity contribution in [2.75, 3.05) is 19.7 Å². The molecule has 2 heterocycles. The van der Waals surface area contributed by atoms with Gasteiger partial charge >= 0.3 is 0 Å². The molecule has 3 fully saturated rings. The Morgan fingerprint density at radius 2 is 1.50 bits per heavy atom. The fraction of sp³-hybridized carbons (Fsp3) is 0.952. The lowest BCUT2D eigenvalue weighted by Crippen LogP contribution is -2.69. The summed E-state index contributed by atoms with van der Waals surface area (Å²) in [6.07, 6.45) is -16.9. The van der Waals surface area contributed by atoms with Gasteiger partial charge in [-0.1, -0.05) is 0 Å². The number of ether oxygens (including phenoxy) is 4. The van der Waals surface area contributed by atoms with Crippen LogP contribution < -0.4 is 28.3 Å². The number of rotatable bonds is 10. The summed E-state index contributed by atoms with van der Waals surface area (Å²) >= 11 is 0. The highest BCUT2D eigenvalue weighted by Crippen LogP contribution is 2.32. The molecule has 2 saturated heterocycles. The van der Waals surface area contributed by atoms with Crippen LogP contribution in [0.1, 0.15) is 12.8 Å². The van der Waals surface area contributed by atoms with E-state index in [0.717, 1.165) is 0 Å². The van der Waals surface area contributed by atoms with Crippen molar-refractivity contribution in [3.63, 3.8) is 0 Å². The highest BCUT2D eigenvalue weighted by Gasteiger charge is 2.53. The van der Waals surface area contributed by atoms with Gasteiger partial charge in [-0.05, 0) is 19.4 Å². The molecule has 2 aliphatic heterocycles. The quantitative estimate of drug-likeness (QED) is 0.119. The molecular weight excluding hydrogens is 514 g/mol. The van der Waals surface area contributed by atoms with Crippen LogP contribution in [0.15, 0.2) is 0 Å². The van der Waals surface area contributed by atoms with Gasteiger partial charge in [-0.25, -0.2) is 0 Å². The fourth-order valence-electron chi connectivity index (χ4n) is 4.84. The number of aliphatic hydroxyl groups excluding tert-OH is 7. The third-order valence-corrected chi connectivity index (χ3v) is 7.15. The Balaban J connectivity index is 1.84. The van der Waals surface area contributed by atoms with Gasteiger partial charge in [-0.2, -0.15) is 0 Å². The molecule has 1 saturated carbocycles. The predicted molar refractivity (Wildman–Crippen MR) is 125 cm³/mol. The second-order valence-corrected chi connectivity index (χ2v) is 9.84. The van der Waals surface area contributed by atoms with Crippen molar-refractivity contribution in [1.29, 1.82) is 0 Å². The van der Waals surface area contributed by atoms with Crippen LogP contribution in [0.3, 0.4) is 0 Å². The van der Waals surface area contributed by atoms with E-state index in [1.54, 1.807) is 0 Å². The molecule has 0 bridgehead atoms. The van der Waals surface area contributed by atoms with Crippen LogP contribution in [0.5, 0.6) is 0 Å². The summed E-state index contributed by atoms with van der Waals surface area (Å²) in [5, 5.41) is 74.0. The van der Waals surface area contributed by atoms with Gasteiger partial charge in [-0.3, -0.25) is 4.79 Å². The molecular formula is C21H41N5O12. The van der Waals surface area contributed by atoms with Crippen molar-refractivity contribution < 1.29 is 59.5 Å². The minimum absolute atomic E-state index is 0.0255. The van der Waals surface area contributed by atoms with Gasteiger partial charge < -0.3 is 82.9 Å². The molecule has 0 radical (unpaired) electrons. The smallest absolute Gasteiger partial charge is 0.249 e. The Hall–Kier alpha value is -1.13. The average molecular weight is 556 g/mol. The Morgan fingerprint density at radius 1 is 0.895 bits per heavy atom. The van der Waals surface area contributed by atoms with E-state index >= 15 is 0 Å². The van der Waals surface area contributed by atoms with E-state index < -0.39 is 104 Å². The summed E-state index contributed by atoms with van der Waals surface area (Å²) in [4.78, 5) is 12.4. The lowest BCUT2D eigenvalue weighted by Gasteiger charge is -2.48. The molecule has 3 aliphatic rings. The highest BCUT2D eigenvalue weighted by atomic mass is 16.7. The topological polar surface area (TPSA) is 312 Å². The van der Waals surface area contributed by atoms with Crippen molar-refractivity contribution in [1.82, 2.24) is 5.32 Å². The number of aliphatic hydroxyl groups is 7. The van der Waals surface area contributed by atoms with Gasteiger partial charge in [0.2, 0.25) is 5.91 Å². The number of hydrogen-bond acceptors (Lipinski definition) is 16. The lowest BCUT2D eigenvalue weighted by atomic mass is 9.83.